The molecule has 4 nitrogen and oxygen atoms in total. The Bertz CT molecular complexity index is 625. The lowest BCUT2D eigenvalue weighted by Gasteiger charge is -2.29. The van der Waals surface area contributed by atoms with Gasteiger partial charge in [0.2, 0.25) is 5.91 Å². The number of amides is 1. The summed E-state index contributed by atoms with van der Waals surface area (Å²) < 4.78 is 5.34. The van der Waals surface area contributed by atoms with Gasteiger partial charge < -0.3 is 15.8 Å². The number of nitrogens with two attached hydrogens (primary N) is 1. The molecule has 1 aliphatic heterocycles. The van der Waals surface area contributed by atoms with E-state index in [9.17, 15) is 4.79 Å². The van der Waals surface area contributed by atoms with E-state index in [0.717, 1.165) is 37.1 Å². The molecule has 0 aromatic heterocycles. The minimum absolute atomic E-state index is 0. The number of nitrogens with one attached hydrogen (secondary N) is 1. The Kier molecular flexibility index (Phi) is 5.71. The largest absolute Gasteiger partial charge is 0.497 e. The Morgan fingerprint density at radius 2 is 2.17 bits per heavy atom. The van der Waals surface area contributed by atoms with E-state index in [-0.39, 0.29) is 24.4 Å². The highest BCUT2D eigenvalue weighted by molar-refractivity contribution is 6.02. The van der Waals surface area contributed by atoms with E-state index in [4.69, 9.17) is 10.5 Å². The molecule has 1 aromatic rings. The van der Waals surface area contributed by atoms with Gasteiger partial charge in [-0.2, -0.15) is 0 Å². The van der Waals surface area contributed by atoms with Crippen LogP contribution in [0.25, 0.3) is 5.57 Å². The zero-order chi connectivity index (χ0) is 15.7. The van der Waals surface area contributed by atoms with Crippen LogP contribution < -0.4 is 15.8 Å². The smallest absolute Gasteiger partial charge is 0.247 e. The van der Waals surface area contributed by atoms with Crippen LogP contribution in [0.1, 0.15) is 37.3 Å². The third kappa shape index (κ3) is 3.54. The SMILES string of the molecule is COc1ccc2c(c1)CCC1CCNC(=O)C(CC(C)N)=C21.Cl. The molecule has 3 rings (SSSR count). The Morgan fingerprint density at radius 3 is 2.87 bits per heavy atom. The van der Waals surface area contributed by atoms with Gasteiger partial charge in [-0.05, 0) is 67.4 Å². The summed E-state index contributed by atoms with van der Waals surface area (Å²) >= 11 is 0. The third-order valence-electron chi connectivity index (χ3n) is 4.68. The van der Waals surface area contributed by atoms with Crippen LogP contribution in [-0.2, 0) is 11.2 Å². The van der Waals surface area contributed by atoms with Crippen molar-refractivity contribution in [2.75, 3.05) is 13.7 Å². The summed E-state index contributed by atoms with van der Waals surface area (Å²) in [6.45, 7) is 2.71. The number of benzene rings is 1. The molecule has 2 unspecified atom stereocenters. The van der Waals surface area contributed by atoms with Crippen LogP contribution in [0, 0.1) is 5.92 Å². The number of hydrogen-bond donors (Lipinski definition) is 2. The number of rotatable bonds is 3. The van der Waals surface area contributed by atoms with Crippen molar-refractivity contribution in [1.29, 1.82) is 0 Å². The predicted octanol–water partition coefficient (Wildman–Crippen LogP) is 2.69. The minimum Gasteiger partial charge on any atom is -0.497 e. The van der Waals surface area contributed by atoms with E-state index in [1.807, 2.05) is 13.0 Å². The van der Waals surface area contributed by atoms with Gasteiger partial charge in [0.1, 0.15) is 5.75 Å². The highest BCUT2D eigenvalue weighted by Gasteiger charge is 2.31. The molecular formula is C18H25ClN2O2. The number of aryl methyl sites for hydroxylation is 1. The summed E-state index contributed by atoms with van der Waals surface area (Å²) in [6.07, 6.45) is 3.77. The number of hydrogen-bond acceptors (Lipinski definition) is 3. The maximum Gasteiger partial charge on any atom is 0.247 e. The summed E-state index contributed by atoms with van der Waals surface area (Å²) in [6, 6.07) is 6.18. The molecule has 1 amide bonds. The lowest BCUT2D eigenvalue weighted by atomic mass is 9.75. The summed E-state index contributed by atoms with van der Waals surface area (Å²) in [5.41, 5.74) is 10.6. The molecule has 0 radical (unpaired) electrons. The fourth-order valence-electron chi connectivity index (χ4n) is 3.67. The molecule has 0 spiro atoms. The highest BCUT2D eigenvalue weighted by atomic mass is 35.5. The quantitative estimate of drug-likeness (QED) is 0.892. The van der Waals surface area contributed by atoms with Gasteiger partial charge in [0, 0.05) is 18.2 Å². The Hall–Kier alpha value is -1.52. The van der Waals surface area contributed by atoms with Gasteiger partial charge in [0.25, 0.3) is 0 Å². The number of allylic oxidation sites excluding steroid dienone is 1. The second-order valence-corrected chi connectivity index (χ2v) is 6.38. The highest BCUT2D eigenvalue weighted by Crippen LogP contribution is 2.42. The molecule has 0 saturated carbocycles. The third-order valence-corrected chi connectivity index (χ3v) is 4.68. The van der Waals surface area contributed by atoms with E-state index in [0.29, 0.717) is 12.3 Å². The number of ether oxygens (including phenoxy) is 1. The molecule has 5 heteroatoms. The van der Waals surface area contributed by atoms with E-state index in [2.05, 4.69) is 17.4 Å². The van der Waals surface area contributed by atoms with Crippen LogP contribution >= 0.6 is 12.4 Å². The normalized spacial score (nSPS) is 21.3. The summed E-state index contributed by atoms with van der Waals surface area (Å²) in [5.74, 6) is 1.39. The van der Waals surface area contributed by atoms with Crippen LogP contribution in [0.4, 0.5) is 0 Å². The first-order valence-corrected chi connectivity index (χ1v) is 8.04. The van der Waals surface area contributed by atoms with Crippen LogP contribution in [0.3, 0.4) is 0 Å². The van der Waals surface area contributed by atoms with Crippen molar-refractivity contribution >= 4 is 23.9 Å². The Balaban J connectivity index is 0.00000192. The van der Waals surface area contributed by atoms with Crippen molar-refractivity contribution in [2.24, 2.45) is 11.7 Å². The van der Waals surface area contributed by atoms with Gasteiger partial charge in [0.15, 0.2) is 0 Å². The van der Waals surface area contributed by atoms with Gasteiger partial charge in [-0.25, -0.2) is 0 Å². The van der Waals surface area contributed by atoms with Crippen molar-refractivity contribution in [3.05, 3.63) is 34.9 Å². The van der Waals surface area contributed by atoms with Crippen molar-refractivity contribution in [3.8, 4) is 5.75 Å². The lowest BCUT2D eigenvalue weighted by Crippen LogP contribution is -2.28. The van der Waals surface area contributed by atoms with Crippen LogP contribution in [0.5, 0.6) is 5.75 Å². The number of carbonyl (C=O) groups is 1. The standard InChI is InChI=1S/C18H24N2O2.ClH/c1-11(19)9-16-17-12(7-8-20-18(16)21)3-4-13-10-14(22-2)5-6-15(13)17;/h5-6,10-12H,3-4,7-9,19H2,1-2H3,(H,20,21);1H. The molecule has 23 heavy (non-hydrogen) atoms. The van der Waals surface area contributed by atoms with Crippen molar-refractivity contribution in [3.63, 3.8) is 0 Å². The van der Waals surface area contributed by atoms with E-state index < -0.39 is 0 Å². The average molecular weight is 337 g/mol. The molecule has 3 N–H and O–H groups in total. The maximum atomic E-state index is 12.5. The predicted molar refractivity (Wildman–Crippen MR) is 94.9 cm³/mol. The molecule has 1 aromatic carbocycles. The lowest BCUT2D eigenvalue weighted by molar-refractivity contribution is -0.117. The van der Waals surface area contributed by atoms with Gasteiger partial charge in [0.05, 0.1) is 7.11 Å². The molecule has 1 aliphatic carbocycles. The zero-order valence-corrected chi connectivity index (χ0v) is 14.5. The fourth-order valence-corrected chi connectivity index (χ4v) is 3.67. The summed E-state index contributed by atoms with van der Waals surface area (Å²) in [4.78, 5) is 12.5. The first-order chi connectivity index (χ1) is 10.6. The molecule has 0 fully saturated rings. The molecule has 2 atom stereocenters. The number of carbonyl (C=O) groups excluding carboxylic acids is 1. The van der Waals surface area contributed by atoms with Gasteiger partial charge in [-0.15, -0.1) is 12.4 Å². The molecule has 1 heterocycles. The summed E-state index contributed by atoms with van der Waals surface area (Å²) in [5, 5.41) is 3.03. The number of fused-ring (bicyclic) bond motifs is 3. The molecule has 126 valence electrons. The van der Waals surface area contributed by atoms with E-state index >= 15 is 0 Å². The Morgan fingerprint density at radius 1 is 1.39 bits per heavy atom. The molecule has 2 aliphatic rings. The van der Waals surface area contributed by atoms with Crippen molar-refractivity contribution in [1.82, 2.24) is 5.32 Å². The van der Waals surface area contributed by atoms with Gasteiger partial charge in [-0.3, -0.25) is 4.79 Å². The Labute approximate surface area is 143 Å². The first-order valence-electron chi connectivity index (χ1n) is 8.04. The van der Waals surface area contributed by atoms with Crippen LogP contribution in [0.2, 0.25) is 0 Å². The van der Waals surface area contributed by atoms with Crippen molar-refractivity contribution in [2.45, 2.75) is 38.6 Å². The number of methoxy groups -OCH3 is 1. The molecular weight excluding hydrogens is 312 g/mol. The summed E-state index contributed by atoms with van der Waals surface area (Å²) in [7, 11) is 1.69. The first kappa shape index (κ1) is 17.8. The monoisotopic (exact) mass is 336 g/mol. The van der Waals surface area contributed by atoms with Crippen LogP contribution in [-0.4, -0.2) is 25.6 Å². The van der Waals surface area contributed by atoms with Crippen LogP contribution in [0.15, 0.2) is 23.8 Å². The molecule has 0 saturated heterocycles. The fraction of sp³-hybridized carbons (Fsp3) is 0.500. The zero-order valence-electron chi connectivity index (χ0n) is 13.7. The number of halogens is 1. The maximum absolute atomic E-state index is 12.5. The van der Waals surface area contributed by atoms with Crippen molar-refractivity contribution < 1.29 is 9.53 Å². The molecule has 0 bridgehead atoms. The topological polar surface area (TPSA) is 64.3 Å². The van der Waals surface area contributed by atoms with E-state index in [1.165, 1.54) is 16.7 Å². The average Bonchev–Trinajstić information content (AvgIpc) is 2.66. The van der Waals surface area contributed by atoms with Gasteiger partial charge in [-0.1, -0.05) is 6.07 Å². The second kappa shape index (κ2) is 7.37. The minimum atomic E-state index is -0.0179. The second-order valence-electron chi connectivity index (χ2n) is 6.38. The van der Waals surface area contributed by atoms with Gasteiger partial charge >= 0.3 is 0 Å². The van der Waals surface area contributed by atoms with E-state index in [1.54, 1.807) is 7.11 Å².